The molecule has 0 spiro atoms. The number of nitrogens with one attached hydrogen (secondary N) is 1. The van der Waals surface area contributed by atoms with E-state index in [-0.39, 0.29) is 0 Å². The van der Waals surface area contributed by atoms with Crippen LogP contribution in [0, 0.1) is 0 Å². The highest BCUT2D eigenvalue weighted by Gasteiger charge is 2.15. The van der Waals surface area contributed by atoms with Gasteiger partial charge in [0.25, 0.3) is 0 Å². The van der Waals surface area contributed by atoms with Crippen LogP contribution >= 0.6 is 0 Å². The van der Waals surface area contributed by atoms with Crippen LogP contribution in [0.15, 0.2) is 54.6 Å². The molecule has 0 aliphatic carbocycles. The fourth-order valence-corrected chi connectivity index (χ4v) is 4.07. The quantitative estimate of drug-likeness (QED) is 0.587. The van der Waals surface area contributed by atoms with Crippen LogP contribution < -0.4 is 10.2 Å². The minimum Gasteiger partial charge on any atom is -0.378 e. The molecule has 0 aromatic heterocycles. The first-order chi connectivity index (χ1) is 15.9. The molecule has 0 unspecified atom stereocenters. The zero-order valence-corrected chi connectivity index (χ0v) is 18.8. The first kappa shape index (κ1) is 23.0. The maximum Gasteiger partial charge on any atom is 0.0701 e. The van der Waals surface area contributed by atoms with Crippen LogP contribution in [0.5, 0.6) is 0 Å². The van der Waals surface area contributed by atoms with Gasteiger partial charge in [0, 0.05) is 37.0 Å². The lowest BCUT2D eigenvalue weighted by molar-refractivity contribution is 0.0409. The van der Waals surface area contributed by atoms with E-state index in [4.69, 9.17) is 18.9 Å². The molecule has 6 heteroatoms. The van der Waals surface area contributed by atoms with Crippen molar-refractivity contribution in [1.29, 1.82) is 0 Å². The van der Waals surface area contributed by atoms with Gasteiger partial charge in [-0.05, 0) is 16.8 Å². The Kier molecular flexibility index (Phi) is 9.13. The summed E-state index contributed by atoms with van der Waals surface area (Å²) in [5, 5.41) is 8.31. The smallest absolute Gasteiger partial charge is 0.0701 e. The van der Waals surface area contributed by atoms with Crippen LogP contribution in [0.25, 0.3) is 21.5 Å². The number of ether oxygens (including phenoxy) is 4. The fourth-order valence-electron chi connectivity index (χ4n) is 4.07. The van der Waals surface area contributed by atoms with Gasteiger partial charge in [-0.2, -0.15) is 0 Å². The summed E-state index contributed by atoms with van der Waals surface area (Å²) in [5.74, 6) is 0. The number of benzene rings is 3. The summed E-state index contributed by atoms with van der Waals surface area (Å²) >= 11 is 0. The van der Waals surface area contributed by atoms with E-state index in [0.717, 1.165) is 26.2 Å². The average Bonchev–Trinajstić information content (AvgIpc) is 2.83. The molecule has 1 N–H and O–H groups in total. The van der Waals surface area contributed by atoms with Gasteiger partial charge in [0.1, 0.15) is 0 Å². The van der Waals surface area contributed by atoms with Gasteiger partial charge in [0.2, 0.25) is 0 Å². The van der Waals surface area contributed by atoms with Crippen molar-refractivity contribution < 1.29 is 18.9 Å². The van der Waals surface area contributed by atoms with Crippen molar-refractivity contribution in [2.75, 3.05) is 83.9 Å². The molecule has 4 rings (SSSR count). The molecule has 0 radical (unpaired) electrons. The zero-order valence-electron chi connectivity index (χ0n) is 18.8. The lowest BCUT2D eigenvalue weighted by Gasteiger charge is -2.28. The van der Waals surface area contributed by atoms with Gasteiger partial charge in [-0.25, -0.2) is 0 Å². The lowest BCUT2D eigenvalue weighted by atomic mass is 10.00. The molecule has 1 aliphatic heterocycles. The monoisotopic (exact) mass is 438 g/mol. The van der Waals surface area contributed by atoms with Crippen LogP contribution in [0.2, 0.25) is 0 Å². The SMILES string of the molecule is c1ccc2c(N3CCOCCOCCNCCOCCOCC3)c3ccccc3cc2c1. The molecule has 1 heterocycles. The summed E-state index contributed by atoms with van der Waals surface area (Å²) < 4.78 is 23.1. The Labute approximate surface area is 190 Å². The summed E-state index contributed by atoms with van der Waals surface area (Å²) in [4.78, 5) is 2.40. The molecular weight excluding hydrogens is 404 g/mol. The number of nitrogens with zero attached hydrogens (tertiary/aromatic N) is 1. The first-order valence-electron chi connectivity index (χ1n) is 11.6. The van der Waals surface area contributed by atoms with Gasteiger partial charge >= 0.3 is 0 Å². The van der Waals surface area contributed by atoms with E-state index in [1.54, 1.807) is 0 Å². The van der Waals surface area contributed by atoms with Gasteiger partial charge in [-0.1, -0.05) is 48.5 Å². The number of hydrogen-bond donors (Lipinski definition) is 1. The standard InChI is InChI=1S/C26H34N2O4/c1-3-7-24-22(5-1)21-23-6-2-4-8-25(23)26(24)28-11-15-31-19-17-29-13-9-27-10-14-30-18-20-32-16-12-28/h1-8,21,27H,9-20H2. The second-order valence-corrected chi connectivity index (χ2v) is 7.85. The van der Waals surface area contributed by atoms with Crippen LogP contribution in [-0.2, 0) is 18.9 Å². The van der Waals surface area contributed by atoms with E-state index >= 15 is 0 Å². The molecule has 0 saturated carbocycles. The predicted octanol–water partition coefficient (Wildman–Crippen LogP) is 3.47. The Morgan fingerprint density at radius 3 is 1.56 bits per heavy atom. The Bertz CT molecular complexity index is 893. The molecule has 1 aliphatic rings. The Hall–Kier alpha value is -2.22. The lowest BCUT2D eigenvalue weighted by Crippen LogP contribution is -2.32. The molecular formula is C26H34N2O4. The molecule has 1 saturated heterocycles. The fraction of sp³-hybridized carbons (Fsp3) is 0.462. The largest absolute Gasteiger partial charge is 0.378 e. The summed E-state index contributed by atoms with van der Waals surface area (Å²) in [6.07, 6.45) is 0. The Morgan fingerprint density at radius 2 is 1.03 bits per heavy atom. The number of anilines is 1. The molecule has 32 heavy (non-hydrogen) atoms. The highest BCUT2D eigenvalue weighted by molar-refractivity contribution is 6.11. The normalized spacial score (nSPS) is 18.9. The number of fused-ring (bicyclic) bond motifs is 2. The minimum atomic E-state index is 0.601. The number of rotatable bonds is 1. The van der Waals surface area contributed by atoms with E-state index in [1.807, 2.05) is 0 Å². The average molecular weight is 439 g/mol. The van der Waals surface area contributed by atoms with E-state index in [1.165, 1.54) is 27.2 Å². The van der Waals surface area contributed by atoms with Gasteiger partial charge in [-0.3, -0.25) is 0 Å². The second kappa shape index (κ2) is 12.7. The highest BCUT2D eigenvalue weighted by Crippen LogP contribution is 2.35. The van der Waals surface area contributed by atoms with Gasteiger partial charge in [-0.15, -0.1) is 0 Å². The van der Waals surface area contributed by atoms with Crippen LogP contribution in [-0.4, -0.2) is 79.0 Å². The van der Waals surface area contributed by atoms with Crippen LogP contribution in [0.4, 0.5) is 5.69 Å². The maximum absolute atomic E-state index is 5.91. The van der Waals surface area contributed by atoms with Crippen LogP contribution in [0.1, 0.15) is 0 Å². The van der Waals surface area contributed by atoms with E-state index in [0.29, 0.717) is 52.9 Å². The summed E-state index contributed by atoms with van der Waals surface area (Å²) in [7, 11) is 0. The summed E-state index contributed by atoms with van der Waals surface area (Å²) in [5.41, 5.74) is 1.25. The topological polar surface area (TPSA) is 52.2 Å². The minimum absolute atomic E-state index is 0.601. The van der Waals surface area contributed by atoms with Crippen molar-refractivity contribution in [3.63, 3.8) is 0 Å². The van der Waals surface area contributed by atoms with Crippen molar-refractivity contribution in [1.82, 2.24) is 5.32 Å². The molecule has 6 nitrogen and oxygen atoms in total. The third-order valence-corrected chi connectivity index (χ3v) is 5.66. The Balaban J connectivity index is 1.53. The van der Waals surface area contributed by atoms with Crippen LogP contribution in [0.3, 0.4) is 0 Å². The van der Waals surface area contributed by atoms with E-state index in [2.05, 4.69) is 64.8 Å². The molecule has 3 aromatic rings. The molecule has 0 amide bonds. The molecule has 0 atom stereocenters. The van der Waals surface area contributed by atoms with E-state index < -0.39 is 0 Å². The number of hydrogen-bond acceptors (Lipinski definition) is 6. The van der Waals surface area contributed by atoms with Crippen molar-refractivity contribution in [2.24, 2.45) is 0 Å². The van der Waals surface area contributed by atoms with Crippen molar-refractivity contribution in [2.45, 2.75) is 0 Å². The third-order valence-electron chi connectivity index (χ3n) is 5.66. The van der Waals surface area contributed by atoms with Gasteiger partial charge < -0.3 is 29.2 Å². The van der Waals surface area contributed by atoms with Crippen molar-refractivity contribution in [3.05, 3.63) is 54.6 Å². The Morgan fingerprint density at radius 1 is 0.562 bits per heavy atom. The molecule has 3 aromatic carbocycles. The predicted molar refractivity (Wildman–Crippen MR) is 130 cm³/mol. The third kappa shape index (κ3) is 6.40. The zero-order chi connectivity index (χ0) is 21.8. The summed E-state index contributed by atoms with van der Waals surface area (Å²) in [6.45, 7) is 8.29. The molecule has 172 valence electrons. The summed E-state index contributed by atoms with van der Waals surface area (Å²) in [6, 6.07) is 19.5. The molecule has 0 bridgehead atoms. The maximum atomic E-state index is 5.91. The van der Waals surface area contributed by atoms with E-state index in [9.17, 15) is 0 Å². The second-order valence-electron chi connectivity index (χ2n) is 7.85. The van der Waals surface area contributed by atoms with Gasteiger partial charge in [0.15, 0.2) is 0 Å². The van der Waals surface area contributed by atoms with Gasteiger partial charge in [0.05, 0.1) is 58.5 Å². The van der Waals surface area contributed by atoms with Crippen molar-refractivity contribution >= 4 is 27.2 Å². The first-order valence-corrected chi connectivity index (χ1v) is 11.6. The van der Waals surface area contributed by atoms with Crippen molar-refractivity contribution in [3.8, 4) is 0 Å². The highest BCUT2D eigenvalue weighted by atomic mass is 16.5. The molecule has 1 fully saturated rings.